The molecular formula is C11H24N2O2. The fraction of sp³-hybridized carbons (Fsp3) is 0.909. The summed E-state index contributed by atoms with van der Waals surface area (Å²) in [5, 5.41) is 14.8. The molecule has 0 aromatic carbocycles. The van der Waals surface area contributed by atoms with E-state index in [0.717, 1.165) is 25.9 Å². The van der Waals surface area contributed by atoms with Crippen molar-refractivity contribution in [3.8, 4) is 0 Å². The molecule has 0 atom stereocenters. The lowest BCUT2D eigenvalue weighted by Gasteiger charge is -2.24. The maximum absolute atomic E-state index is 10.6. The smallest absolute Gasteiger partial charge is 0.216 e. The van der Waals surface area contributed by atoms with Gasteiger partial charge < -0.3 is 15.7 Å². The molecule has 0 unspecified atom stereocenters. The highest BCUT2D eigenvalue weighted by atomic mass is 16.2. The molecule has 90 valence electrons. The van der Waals surface area contributed by atoms with Crippen LogP contribution in [0, 0.1) is 5.41 Å². The van der Waals surface area contributed by atoms with Crippen LogP contribution in [0.25, 0.3) is 0 Å². The van der Waals surface area contributed by atoms with Crippen molar-refractivity contribution in [2.75, 3.05) is 26.2 Å². The highest BCUT2D eigenvalue weighted by Gasteiger charge is 2.16. The Labute approximate surface area is 92.4 Å². The molecule has 0 rings (SSSR count). The Morgan fingerprint density at radius 3 is 2.53 bits per heavy atom. The fourth-order valence-electron chi connectivity index (χ4n) is 1.40. The number of nitrogens with one attached hydrogen (secondary N) is 2. The van der Waals surface area contributed by atoms with Crippen molar-refractivity contribution < 1.29 is 9.90 Å². The molecule has 3 N–H and O–H groups in total. The molecule has 0 bridgehead atoms. The molecule has 0 aliphatic carbocycles. The first-order chi connectivity index (χ1) is 6.98. The lowest BCUT2D eigenvalue weighted by Crippen LogP contribution is -2.35. The number of aliphatic hydroxyl groups is 1. The maximum Gasteiger partial charge on any atom is 0.216 e. The zero-order chi connectivity index (χ0) is 11.7. The normalized spacial score (nSPS) is 11.5. The number of rotatable bonds is 8. The van der Waals surface area contributed by atoms with E-state index in [1.54, 1.807) is 0 Å². The predicted molar refractivity (Wildman–Crippen MR) is 61.7 cm³/mol. The van der Waals surface area contributed by atoms with E-state index in [-0.39, 0.29) is 17.9 Å². The molecule has 1 amide bonds. The average molecular weight is 216 g/mol. The van der Waals surface area contributed by atoms with Crippen molar-refractivity contribution >= 4 is 5.91 Å². The second kappa shape index (κ2) is 7.65. The van der Waals surface area contributed by atoms with Gasteiger partial charge in [-0.3, -0.25) is 4.79 Å². The molecule has 0 fully saturated rings. The SMILES string of the molecule is CC(=O)NCCNCC(C)(C)CCCO. The Morgan fingerprint density at radius 2 is 2.00 bits per heavy atom. The number of amides is 1. The van der Waals surface area contributed by atoms with Crippen molar-refractivity contribution in [1.82, 2.24) is 10.6 Å². The molecule has 0 aromatic heterocycles. The minimum atomic E-state index is 0.0105. The molecule has 4 nitrogen and oxygen atoms in total. The van der Waals surface area contributed by atoms with E-state index in [9.17, 15) is 4.79 Å². The zero-order valence-electron chi connectivity index (χ0n) is 10.1. The molecular weight excluding hydrogens is 192 g/mol. The van der Waals surface area contributed by atoms with E-state index >= 15 is 0 Å². The van der Waals surface area contributed by atoms with Crippen LogP contribution in [0.3, 0.4) is 0 Å². The third-order valence-corrected chi connectivity index (χ3v) is 2.29. The zero-order valence-corrected chi connectivity index (χ0v) is 10.1. The van der Waals surface area contributed by atoms with Crippen LogP contribution in [0.1, 0.15) is 33.6 Å². The number of hydrogen-bond donors (Lipinski definition) is 3. The van der Waals surface area contributed by atoms with Crippen molar-refractivity contribution in [3.05, 3.63) is 0 Å². The monoisotopic (exact) mass is 216 g/mol. The van der Waals surface area contributed by atoms with Gasteiger partial charge in [0.25, 0.3) is 0 Å². The predicted octanol–water partition coefficient (Wildman–Crippen LogP) is 0.511. The van der Waals surface area contributed by atoms with Crippen LogP contribution in [-0.2, 0) is 4.79 Å². The van der Waals surface area contributed by atoms with Crippen LogP contribution in [0.5, 0.6) is 0 Å². The molecule has 15 heavy (non-hydrogen) atoms. The van der Waals surface area contributed by atoms with Gasteiger partial charge in [-0.1, -0.05) is 13.8 Å². The number of aliphatic hydroxyl groups excluding tert-OH is 1. The van der Waals surface area contributed by atoms with Crippen LogP contribution in [-0.4, -0.2) is 37.3 Å². The van der Waals surface area contributed by atoms with Gasteiger partial charge in [0.05, 0.1) is 0 Å². The Bertz CT molecular complexity index is 181. The Kier molecular flexibility index (Phi) is 7.34. The van der Waals surface area contributed by atoms with E-state index in [4.69, 9.17) is 5.11 Å². The summed E-state index contributed by atoms with van der Waals surface area (Å²) < 4.78 is 0. The van der Waals surface area contributed by atoms with Gasteiger partial charge >= 0.3 is 0 Å². The topological polar surface area (TPSA) is 61.4 Å². The van der Waals surface area contributed by atoms with Crippen LogP contribution in [0.2, 0.25) is 0 Å². The van der Waals surface area contributed by atoms with Gasteiger partial charge in [0.1, 0.15) is 0 Å². The summed E-state index contributed by atoms with van der Waals surface area (Å²) in [6.07, 6.45) is 1.86. The first-order valence-corrected chi connectivity index (χ1v) is 5.54. The molecule has 0 spiro atoms. The highest BCUT2D eigenvalue weighted by molar-refractivity contribution is 5.72. The van der Waals surface area contributed by atoms with Gasteiger partial charge in [0.15, 0.2) is 0 Å². The van der Waals surface area contributed by atoms with E-state index in [1.807, 2.05) is 0 Å². The Morgan fingerprint density at radius 1 is 1.33 bits per heavy atom. The van der Waals surface area contributed by atoms with Crippen LogP contribution in [0.4, 0.5) is 0 Å². The van der Waals surface area contributed by atoms with Crippen LogP contribution >= 0.6 is 0 Å². The molecule has 0 heterocycles. The number of hydrogen-bond acceptors (Lipinski definition) is 3. The van der Waals surface area contributed by atoms with Crippen molar-refractivity contribution in [1.29, 1.82) is 0 Å². The van der Waals surface area contributed by atoms with Crippen LogP contribution in [0.15, 0.2) is 0 Å². The van der Waals surface area contributed by atoms with E-state index in [2.05, 4.69) is 24.5 Å². The minimum Gasteiger partial charge on any atom is -0.396 e. The molecule has 4 heteroatoms. The van der Waals surface area contributed by atoms with Crippen molar-refractivity contribution in [2.24, 2.45) is 5.41 Å². The molecule has 0 aromatic rings. The lowest BCUT2D eigenvalue weighted by molar-refractivity contribution is -0.118. The minimum absolute atomic E-state index is 0.0105. The molecule has 0 aliphatic heterocycles. The van der Waals surface area contributed by atoms with E-state index < -0.39 is 0 Å². The average Bonchev–Trinajstić information content (AvgIpc) is 2.14. The molecule has 0 saturated carbocycles. The first kappa shape index (κ1) is 14.4. The quantitative estimate of drug-likeness (QED) is 0.518. The Balaban J connectivity index is 3.43. The number of carbonyl (C=O) groups is 1. The summed E-state index contributed by atoms with van der Waals surface area (Å²) in [5.41, 5.74) is 0.207. The third kappa shape index (κ3) is 9.69. The summed E-state index contributed by atoms with van der Waals surface area (Å²) in [5.74, 6) is 0.0105. The van der Waals surface area contributed by atoms with Crippen molar-refractivity contribution in [2.45, 2.75) is 33.6 Å². The summed E-state index contributed by atoms with van der Waals surface area (Å²) in [6.45, 7) is 8.50. The fourth-order valence-corrected chi connectivity index (χ4v) is 1.40. The lowest BCUT2D eigenvalue weighted by atomic mass is 9.88. The number of carbonyl (C=O) groups excluding carboxylic acids is 1. The van der Waals surface area contributed by atoms with Crippen LogP contribution < -0.4 is 10.6 Å². The second-order valence-corrected chi connectivity index (χ2v) is 4.65. The van der Waals surface area contributed by atoms with Gasteiger partial charge in [0.2, 0.25) is 5.91 Å². The highest BCUT2D eigenvalue weighted by Crippen LogP contribution is 2.20. The molecule has 0 saturated heterocycles. The maximum atomic E-state index is 10.6. The van der Waals surface area contributed by atoms with Gasteiger partial charge in [0, 0.05) is 33.2 Å². The van der Waals surface area contributed by atoms with Crippen molar-refractivity contribution in [3.63, 3.8) is 0 Å². The second-order valence-electron chi connectivity index (χ2n) is 4.65. The van der Waals surface area contributed by atoms with E-state index in [1.165, 1.54) is 6.92 Å². The summed E-state index contributed by atoms with van der Waals surface area (Å²) >= 11 is 0. The summed E-state index contributed by atoms with van der Waals surface area (Å²) in [4.78, 5) is 10.6. The van der Waals surface area contributed by atoms with Gasteiger partial charge in [-0.15, -0.1) is 0 Å². The third-order valence-electron chi connectivity index (χ3n) is 2.29. The largest absolute Gasteiger partial charge is 0.396 e. The molecule has 0 aliphatic rings. The Hall–Kier alpha value is -0.610. The molecule has 0 radical (unpaired) electrons. The summed E-state index contributed by atoms with van der Waals surface area (Å²) in [6, 6.07) is 0. The van der Waals surface area contributed by atoms with E-state index in [0.29, 0.717) is 6.54 Å². The van der Waals surface area contributed by atoms with Gasteiger partial charge in [-0.25, -0.2) is 0 Å². The summed E-state index contributed by atoms with van der Waals surface area (Å²) in [7, 11) is 0. The van der Waals surface area contributed by atoms with Gasteiger partial charge in [-0.2, -0.15) is 0 Å². The standard InChI is InChI=1S/C11H24N2O2/c1-10(15)13-7-6-12-9-11(2,3)5-4-8-14/h12,14H,4-9H2,1-3H3,(H,13,15). The van der Waals surface area contributed by atoms with Gasteiger partial charge in [-0.05, 0) is 18.3 Å². The first-order valence-electron chi connectivity index (χ1n) is 5.54.